The van der Waals surface area contributed by atoms with Gasteiger partial charge < -0.3 is 0 Å². The molecule has 76 valence electrons. The summed E-state index contributed by atoms with van der Waals surface area (Å²) < 4.78 is 3.60. The van der Waals surface area contributed by atoms with E-state index in [0.717, 1.165) is 6.54 Å². The SMILES string of the molecule is CC(NS1=CNCC1)c1ccccc1. The molecule has 0 aromatic heterocycles. The molecule has 1 aromatic carbocycles. The molecule has 2 unspecified atom stereocenters. The Morgan fingerprint density at radius 3 is 2.79 bits per heavy atom. The highest BCUT2D eigenvalue weighted by atomic mass is 32.2. The third kappa shape index (κ3) is 2.44. The first-order valence-electron chi connectivity index (χ1n) is 4.94. The van der Waals surface area contributed by atoms with Gasteiger partial charge in [0.2, 0.25) is 0 Å². The molecule has 1 aliphatic heterocycles. The lowest BCUT2D eigenvalue weighted by Crippen LogP contribution is -2.13. The normalized spacial score (nSPS) is 23.1. The van der Waals surface area contributed by atoms with Crippen LogP contribution in [0.2, 0.25) is 0 Å². The van der Waals surface area contributed by atoms with E-state index in [0.29, 0.717) is 6.04 Å². The van der Waals surface area contributed by atoms with E-state index >= 15 is 0 Å². The fourth-order valence-electron chi connectivity index (χ4n) is 1.52. The van der Waals surface area contributed by atoms with Crippen molar-refractivity contribution in [1.82, 2.24) is 10.0 Å². The molecular weight excluding hydrogens is 192 g/mol. The van der Waals surface area contributed by atoms with Crippen LogP contribution in [0.3, 0.4) is 0 Å². The summed E-state index contributed by atoms with van der Waals surface area (Å²) in [5, 5.41) is 3.25. The van der Waals surface area contributed by atoms with Crippen LogP contribution in [0.15, 0.2) is 30.3 Å². The predicted molar refractivity (Wildman–Crippen MR) is 64.5 cm³/mol. The zero-order chi connectivity index (χ0) is 9.80. The average molecular weight is 208 g/mol. The quantitative estimate of drug-likeness (QED) is 0.741. The van der Waals surface area contributed by atoms with Crippen molar-refractivity contribution in [3.8, 4) is 0 Å². The minimum Gasteiger partial charge on any atom is -0.288 e. The highest BCUT2D eigenvalue weighted by Gasteiger charge is 2.08. The van der Waals surface area contributed by atoms with Crippen LogP contribution in [-0.2, 0) is 0 Å². The van der Waals surface area contributed by atoms with Gasteiger partial charge in [-0.1, -0.05) is 30.3 Å². The first-order valence-corrected chi connectivity index (χ1v) is 6.39. The van der Waals surface area contributed by atoms with Gasteiger partial charge in [0.15, 0.2) is 0 Å². The van der Waals surface area contributed by atoms with E-state index in [4.69, 9.17) is 0 Å². The molecule has 1 heterocycles. The number of benzene rings is 1. The number of hydrogen-bond acceptors (Lipinski definition) is 2. The Kier molecular flexibility index (Phi) is 3.35. The Bertz CT molecular complexity index is 321. The predicted octanol–water partition coefficient (Wildman–Crippen LogP) is 1.88. The Morgan fingerprint density at radius 1 is 1.36 bits per heavy atom. The molecule has 2 rings (SSSR count). The molecule has 1 aliphatic rings. The van der Waals surface area contributed by atoms with E-state index in [1.807, 2.05) is 0 Å². The van der Waals surface area contributed by atoms with Crippen molar-refractivity contribution in [2.75, 3.05) is 12.3 Å². The number of rotatable bonds is 3. The Hall–Kier alpha value is -0.640. The minimum atomic E-state index is 0.256. The van der Waals surface area contributed by atoms with Crippen LogP contribution in [0.5, 0.6) is 0 Å². The van der Waals surface area contributed by atoms with Gasteiger partial charge in [0.1, 0.15) is 0 Å². The first kappa shape index (κ1) is 9.90. The van der Waals surface area contributed by atoms with E-state index in [9.17, 15) is 0 Å². The lowest BCUT2D eigenvalue weighted by atomic mass is 10.1. The zero-order valence-electron chi connectivity index (χ0n) is 8.36. The molecule has 0 saturated carbocycles. The highest BCUT2D eigenvalue weighted by molar-refractivity contribution is 8.13. The molecule has 2 N–H and O–H groups in total. The molecule has 0 spiro atoms. The van der Waals surface area contributed by atoms with Crippen LogP contribution in [0.4, 0.5) is 0 Å². The monoisotopic (exact) mass is 208 g/mol. The summed E-state index contributed by atoms with van der Waals surface area (Å²) in [6, 6.07) is 11.0. The summed E-state index contributed by atoms with van der Waals surface area (Å²) in [6.45, 7) is 3.33. The lowest BCUT2D eigenvalue weighted by molar-refractivity contribution is 0.754. The molecule has 1 aromatic rings. The maximum atomic E-state index is 3.60. The maximum Gasteiger partial charge on any atom is 0.0388 e. The average Bonchev–Trinajstić information content (AvgIpc) is 2.72. The second-order valence-electron chi connectivity index (χ2n) is 3.46. The second kappa shape index (κ2) is 4.73. The first-order chi connectivity index (χ1) is 6.86. The van der Waals surface area contributed by atoms with Crippen molar-refractivity contribution < 1.29 is 0 Å². The van der Waals surface area contributed by atoms with Gasteiger partial charge in [0.05, 0.1) is 0 Å². The highest BCUT2D eigenvalue weighted by Crippen LogP contribution is 2.18. The van der Waals surface area contributed by atoms with Gasteiger partial charge in [0.25, 0.3) is 0 Å². The molecule has 0 radical (unpaired) electrons. The van der Waals surface area contributed by atoms with Crippen LogP contribution >= 0.6 is 10.7 Å². The molecule has 0 aliphatic carbocycles. The molecule has 2 nitrogen and oxygen atoms in total. The van der Waals surface area contributed by atoms with E-state index in [2.05, 4.69) is 52.8 Å². The molecule has 14 heavy (non-hydrogen) atoms. The van der Waals surface area contributed by atoms with E-state index in [1.54, 1.807) is 0 Å². The van der Waals surface area contributed by atoms with Gasteiger partial charge in [-0.15, -0.1) is 10.7 Å². The van der Waals surface area contributed by atoms with Crippen LogP contribution in [0.25, 0.3) is 0 Å². The zero-order valence-corrected chi connectivity index (χ0v) is 9.18. The third-order valence-corrected chi connectivity index (χ3v) is 4.07. The van der Waals surface area contributed by atoms with Crippen molar-refractivity contribution in [2.24, 2.45) is 0 Å². The van der Waals surface area contributed by atoms with Crippen LogP contribution in [-0.4, -0.2) is 17.8 Å². The molecule has 3 heteroatoms. The third-order valence-electron chi connectivity index (χ3n) is 2.32. The van der Waals surface area contributed by atoms with Crippen LogP contribution in [0, 0.1) is 0 Å². The number of nitrogens with one attached hydrogen (secondary N) is 2. The maximum absolute atomic E-state index is 3.60. The molecular formula is C11H16N2S. The van der Waals surface area contributed by atoms with Crippen LogP contribution < -0.4 is 10.0 Å². The molecule has 0 saturated heterocycles. The van der Waals surface area contributed by atoms with Gasteiger partial charge in [-0.3, -0.25) is 10.0 Å². The topological polar surface area (TPSA) is 24.1 Å². The summed E-state index contributed by atoms with van der Waals surface area (Å²) in [7, 11) is 0.256. The van der Waals surface area contributed by atoms with Crippen molar-refractivity contribution in [3.63, 3.8) is 0 Å². The minimum absolute atomic E-state index is 0.256. The standard InChI is InChI=1S/C11H16N2S/c1-10(11-5-3-2-4-6-11)13-14-8-7-12-9-14/h2-6,9-10,12-13H,7-8H2,1H3. The van der Waals surface area contributed by atoms with Gasteiger partial charge in [-0.25, -0.2) is 0 Å². The smallest absolute Gasteiger partial charge is 0.0388 e. The summed E-state index contributed by atoms with van der Waals surface area (Å²) in [6.07, 6.45) is 0. The van der Waals surface area contributed by atoms with Crippen molar-refractivity contribution in [2.45, 2.75) is 13.0 Å². The Balaban J connectivity index is 1.99. The summed E-state index contributed by atoms with van der Waals surface area (Å²) in [5.74, 6) is 1.22. The van der Waals surface area contributed by atoms with Crippen LogP contribution in [0.1, 0.15) is 18.5 Å². The van der Waals surface area contributed by atoms with Crippen molar-refractivity contribution >= 4 is 16.2 Å². The van der Waals surface area contributed by atoms with Gasteiger partial charge >= 0.3 is 0 Å². The fraction of sp³-hybridized carbons (Fsp3) is 0.364. The lowest BCUT2D eigenvalue weighted by Gasteiger charge is -2.15. The Morgan fingerprint density at radius 2 is 2.14 bits per heavy atom. The molecule has 0 fully saturated rings. The molecule has 2 atom stereocenters. The van der Waals surface area contributed by atoms with Crippen molar-refractivity contribution in [3.05, 3.63) is 35.9 Å². The summed E-state index contributed by atoms with van der Waals surface area (Å²) in [4.78, 5) is 0. The van der Waals surface area contributed by atoms with E-state index in [1.165, 1.54) is 11.3 Å². The second-order valence-corrected chi connectivity index (χ2v) is 5.19. The van der Waals surface area contributed by atoms with E-state index < -0.39 is 0 Å². The van der Waals surface area contributed by atoms with Gasteiger partial charge in [0, 0.05) is 23.8 Å². The van der Waals surface area contributed by atoms with E-state index in [-0.39, 0.29) is 10.7 Å². The largest absolute Gasteiger partial charge is 0.288 e. The molecule has 0 bridgehead atoms. The fourth-order valence-corrected chi connectivity index (χ4v) is 3.07. The molecule has 0 amide bonds. The van der Waals surface area contributed by atoms with Gasteiger partial charge in [-0.2, -0.15) is 0 Å². The summed E-state index contributed by atoms with van der Waals surface area (Å²) in [5.41, 5.74) is 3.54. The summed E-state index contributed by atoms with van der Waals surface area (Å²) >= 11 is 0. The number of hydrogen-bond donors (Lipinski definition) is 2. The Labute approximate surface area is 87.8 Å². The van der Waals surface area contributed by atoms with Gasteiger partial charge in [-0.05, 0) is 12.5 Å². The van der Waals surface area contributed by atoms with Crippen molar-refractivity contribution in [1.29, 1.82) is 0 Å².